The van der Waals surface area contributed by atoms with Gasteiger partial charge in [0.15, 0.2) is 0 Å². The van der Waals surface area contributed by atoms with Gasteiger partial charge in [-0.15, -0.1) is 0 Å². The lowest BCUT2D eigenvalue weighted by molar-refractivity contribution is -0.134. The molecule has 3 rings (SSSR count). The molecule has 0 heterocycles. The normalized spacial score (nSPS) is 31.4. The summed E-state index contributed by atoms with van der Waals surface area (Å²) in [5.74, 6) is 1.67. The van der Waals surface area contributed by atoms with Crippen LogP contribution >= 0.6 is 0 Å². The zero-order valence-corrected chi connectivity index (χ0v) is 24.0. The number of Topliss-reactive ketones (excluding diaryl/α,β-unsaturated/α-hetero) is 1. The standard InChI is InChI=1S/C32H53FN2O2/c1-24-17-19-32(33,22-35(23-34-4)31(37)29-16-11-12-25(29)2)18-10-6-9-15-28(24)21-30(36)26(3)20-27-13-7-5-8-14-27/h23,25-29H,1,5-22H2,2-4H3/t25?,26-,28?,29?,32-/m1/s1. The minimum Gasteiger partial charge on any atom is -0.300 e. The lowest BCUT2D eigenvalue weighted by atomic mass is 9.78. The van der Waals surface area contributed by atoms with Gasteiger partial charge in [0.25, 0.3) is 0 Å². The number of carbonyl (C=O) groups excluding carboxylic acids is 2. The van der Waals surface area contributed by atoms with Crippen molar-refractivity contribution in [2.24, 2.45) is 34.6 Å². The highest BCUT2D eigenvalue weighted by Gasteiger charge is 2.38. The van der Waals surface area contributed by atoms with Crippen molar-refractivity contribution in [3.8, 4) is 0 Å². The monoisotopic (exact) mass is 516 g/mol. The first kappa shape index (κ1) is 30.0. The lowest BCUT2D eigenvalue weighted by Gasteiger charge is -2.34. The average molecular weight is 517 g/mol. The fourth-order valence-corrected chi connectivity index (χ4v) is 7.18. The highest BCUT2D eigenvalue weighted by Crippen LogP contribution is 2.37. The van der Waals surface area contributed by atoms with E-state index in [0.717, 1.165) is 56.9 Å². The van der Waals surface area contributed by atoms with Gasteiger partial charge in [-0.05, 0) is 62.7 Å². The van der Waals surface area contributed by atoms with Gasteiger partial charge in [-0.3, -0.25) is 19.5 Å². The molecule has 0 saturated heterocycles. The number of aliphatic imine (C=N–C) groups is 1. The van der Waals surface area contributed by atoms with Crippen LogP contribution in [0.3, 0.4) is 0 Å². The molecule has 0 spiro atoms. The molecule has 0 radical (unpaired) electrons. The van der Waals surface area contributed by atoms with Gasteiger partial charge in [0, 0.05) is 25.3 Å². The number of allylic oxidation sites excluding steroid dienone is 1. The number of ketones is 1. The summed E-state index contributed by atoms with van der Waals surface area (Å²) in [6.45, 7) is 8.67. The summed E-state index contributed by atoms with van der Waals surface area (Å²) in [5.41, 5.74) is -0.435. The number of hydrogen-bond donors (Lipinski definition) is 0. The fraction of sp³-hybridized carbons (Fsp3) is 0.844. The Morgan fingerprint density at radius 3 is 2.43 bits per heavy atom. The predicted octanol–water partition coefficient (Wildman–Crippen LogP) is 8.10. The van der Waals surface area contributed by atoms with Crippen molar-refractivity contribution < 1.29 is 14.0 Å². The van der Waals surface area contributed by atoms with Gasteiger partial charge in [0.05, 0.1) is 12.9 Å². The third-order valence-electron chi connectivity index (χ3n) is 9.73. The van der Waals surface area contributed by atoms with Gasteiger partial charge >= 0.3 is 0 Å². The van der Waals surface area contributed by atoms with Crippen LogP contribution in [0, 0.1) is 29.6 Å². The van der Waals surface area contributed by atoms with Gasteiger partial charge in [-0.25, -0.2) is 4.39 Å². The molecule has 4 nitrogen and oxygen atoms in total. The highest BCUT2D eigenvalue weighted by atomic mass is 19.1. The second kappa shape index (κ2) is 14.6. The Labute approximate surface area is 225 Å². The maximum atomic E-state index is 16.4. The molecular formula is C32H53FN2O2. The minimum atomic E-state index is -1.46. The Balaban J connectivity index is 1.60. The Morgan fingerprint density at radius 2 is 1.76 bits per heavy atom. The van der Waals surface area contributed by atoms with Crippen LogP contribution in [0.5, 0.6) is 0 Å². The molecule has 0 N–H and O–H groups in total. The van der Waals surface area contributed by atoms with Crippen molar-refractivity contribution in [3.05, 3.63) is 12.2 Å². The molecule has 3 fully saturated rings. The second-order valence-electron chi connectivity index (χ2n) is 12.8. The quantitative estimate of drug-likeness (QED) is 0.177. The molecule has 0 aromatic carbocycles. The van der Waals surface area contributed by atoms with Crippen LogP contribution in [-0.2, 0) is 9.59 Å². The molecule has 3 saturated carbocycles. The highest BCUT2D eigenvalue weighted by molar-refractivity contribution is 5.89. The summed E-state index contributed by atoms with van der Waals surface area (Å²) in [4.78, 5) is 32.1. The van der Waals surface area contributed by atoms with E-state index < -0.39 is 5.67 Å². The zero-order chi connectivity index (χ0) is 26.8. The van der Waals surface area contributed by atoms with Gasteiger partial charge in [0.2, 0.25) is 5.91 Å². The van der Waals surface area contributed by atoms with E-state index in [4.69, 9.17) is 0 Å². The van der Waals surface area contributed by atoms with Gasteiger partial charge in [-0.2, -0.15) is 0 Å². The first-order valence-electron chi connectivity index (χ1n) is 15.3. The Kier molecular flexibility index (Phi) is 11.8. The maximum absolute atomic E-state index is 16.4. The van der Waals surface area contributed by atoms with Crippen molar-refractivity contribution in [1.29, 1.82) is 0 Å². The lowest BCUT2D eigenvalue weighted by Crippen LogP contribution is -2.45. The van der Waals surface area contributed by atoms with Crippen LogP contribution in [0.25, 0.3) is 0 Å². The SMILES string of the molecule is C=C1CC[C@@](F)(CN(C=NC)C(=O)C2CCCC2C)CCCCCC1CC(=O)[C@H](C)CC1CCCCC1. The first-order chi connectivity index (χ1) is 17.7. The molecule has 3 aliphatic rings. The summed E-state index contributed by atoms with van der Waals surface area (Å²) in [5, 5.41) is 0. The van der Waals surface area contributed by atoms with Crippen molar-refractivity contribution in [2.45, 2.75) is 129 Å². The number of nitrogens with zero attached hydrogens (tertiary/aromatic N) is 2. The molecule has 0 bridgehead atoms. The van der Waals surface area contributed by atoms with Crippen LogP contribution in [0.2, 0.25) is 0 Å². The van der Waals surface area contributed by atoms with Crippen molar-refractivity contribution in [2.75, 3.05) is 13.6 Å². The Bertz CT molecular complexity index is 790. The van der Waals surface area contributed by atoms with Crippen molar-refractivity contribution in [1.82, 2.24) is 4.90 Å². The third-order valence-corrected chi connectivity index (χ3v) is 9.73. The molecule has 210 valence electrons. The van der Waals surface area contributed by atoms with Crippen LogP contribution in [-0.4, -0.2) is 42.2 Å². The second-order valence-corrected chi connectivity index (χ2v) is 12.8. The van der Waals surface area contributed by atoms with Crippen LogP contribution in [0.4, 0.5) is 4.39 Å². The minimum absolute atomic E-state index is 0.0258. The fourth-order valence-electron chi connectivity index (χ4n) is 7.18. The van der Waals surface area contributed by atoms with Gasteiger partial charge < -0.3 is 0 Å². The molecule has 0 aliphatic heterocycles. The topological polar surface area (TPSA) is 49.7 Å². The van der Waals surface area contributed by atoms with Crippen molar-refractivity contribution >= 4 is 18.0 Å². The van der Waals surface area contributed by atoms with Crippen LogP contribution in [0.15, 0.2) is 17.1 Å². The van der Waals surface area contributed by atoms with E-state index >= 15 is 4.39 Å². The van der Waals surface area contributed by atoms with E-state index in [1.807, 2.05) is 0 Å². The Hall–Kier alpha value is -1.52. The summed E-state index contributed by atoms with van der Waals surface area (Å²) < 4.78 is 16.4. The molecule has 3 aliphatic carbocycles. The predicted molar refractivity (Wildman–Crippen MR) is 151 cm³/mol. The van der Waals surface area contributed by atoms with E-state index in [1.54, 1.807) is 11.9 Å². The summed E-state index contributed by atoms with van der Waals surface area (Å²) >= 11 is 0. The summed E-state index contributed by atoms with van der Waals surface area (Å²) in [6.07, 6.45) is 17.8. The molecule has 0 aromatic rings. The number of carbonyl (C=O) groups is 2. The van der Waals surface area contributed by atoms with E-state index in [2.05, 4.69) is 25.4 Å². The van der Waals surface area contributed by atoms with E-state index in [9.17, 15) is 9.59 Å². The van der Waals surface area contributed by atoms with E-state index in [0.29, 0.717) is 43.3 Å². The van der Waals surface area contributed by atoms with Gasteiger partial charge in [0.1, 0.15) is 11.5 Å². The molecule has 37 heavy (non-hydrogen) atoms. The molecule has 5 heteroatoms. The van der Waals surface area contributed by atoms with Gasteiger partial charge in [-0.1, -0.05) is 83.8 Å². The maximum Gasteiger partial charge on any atom is 0.231 e. The summed E-state index contributed by atoms with van der Waals surface area (Å²) in [6, 6.07) is 0. The number of amides is 1. The number of rotatable bonds is 9. The molecule has 3 unspecified atom stereocenters. The smallest absolute Gasteiger partial charge is 0.231 e. The molecular weight excluding hydrogens is 463 g/mol. The largest absolute Gasteiger partial charge is 0.300 e. The van der Waals surface area contributed by atoms with Crippen LogP contribution < -0.4 is 0 Å². The van der Waals surface area contributed by atoms with E-state index in [1.165, 1.54) is 38.4 Å². The number of hydrogen-bond acceptors (Lipinski definition) is 3. The van der Waals surface area contributed by atoms with Crippen LogP contribution in [0.1, 0.15) is 123 Å². The first-order valence-corrected chi connectivity index (χ1v) is 15.3. The summed E-state index contributed by atoms with van der Waals surface area (Å²) in [7, 11) is 1.65. The third kappa shape index (κ3) is 9.03. The molecule has 5 atom stereocenters. The number of halogens is 1. The zero-order valence-electron chi connectivity index (χ0n) is 24.0. The Morgan fingerprint density at radius 1 is 1.05 bits per heavy atom. The van der Waals surface area contributed by atoms with E-state index in [-0.39, 0.29) is 30.2 Å². The molecule has 0 aromatic heterocycles. The van der Waals surface area contributed by atoms with Crippen molar-refractivity contribution in [3.63, 3.8) is 0 Å². The molecule has 1 amide bonds. The average Bonchev–Trinajstić information content (AvgIpc) is 3.31. The number of alkyl halides is 1.